The van der Waals surface area contributed by atoms with E-state index in [0.717, 1.165) is 11.8 Å². The molecule has 0 aromatic rings. The van der Waals surface area contributed by atoms with E-state index in [9.17, 15) is 0 Å². The zero-order valence-electron chi connectivity index (χ0n) is 10.2. The van der Waals surface area contributed by atoms with Crippen molar-refractivity contribution in [1.29, 1.82) is 0 Å². The van der Waals surface area contributed by atoms with E-state index in [1.807, 2.05) is 0 Å². The molecule has 2 rings (SSSR count). The van der Waals surface area contributed by atoms with Crippen molar-refractivity contribution in [2.75, 3.05) is 33.2 Å². The van der Waals surface area contributed by atoms with Crippen LogP contribution in [0.3, 0.4) is 0 Å². The van der Waals surface area contributed by atoms with Gasteiger partial charge in [-0.15, -0.1) is 0 Å². The zero-order valence-corrected chi connectivity index (χ0v) is 10.2. The predicted octanol–water partition coefficient (Wildman–Crippen LogP) is 2.11. The first kappa shape index (κ1) is 11.4. The maximum absolute atomic E-state index is 3.44. The first-order valence-corrected chi connectivity index (χ1v) is 6.74. The molecule has 2 nitrogen and oxygen atoms in total. The third kappa shape index (κ3) is 3.76. The number of piperidine rings is 1. The summed E-state index contributed by atoms with van der Waals surface area (Å²) in [6, 6.07) is 0. The van der Waals surface area contributed by atoms with Gasteiger partial charge in [-0.1, -0.05) is 12.8 Å². The highest BCUT2D eigenvalue weighted by molar-refractivity contribution is 4.74. The van der Waals surface area contributed by atoms with Crippen LogP contribution in [0.4, 0.5) is 0 Å². The maximum atomic E-state index is 3.44. The van der Waals surface area contributed by atoms with E-state index in [2.05, 4.69) is 17.3 Å². The minimum Gasteiger partial charge on any atom is -0.317 e. The summed E-state index contributed by atoms with van der Waals surface area (Å²) in [4.78, 5) is 2.59. The van der Waals surface area contributed by atoms with Crippen molar-refractivity contribution in [3.63, 3.8) is 0 Å². The average molecular weight is 210 g/mol. The van der Waals surface area contributed by atoms with Crippen LogP contribution in [0.15, 0.2) is 0 Å². The Bertz CT molecular complexity index is 169. The molecular weight excluding hydrogens is 184 g/mol. The lowest BCUT2D eigenvalue weighted by atomic mass is 9.97. The molecule has 1 aliphatic heterocycles. The Morgan fingerprint density at radius 3 is 2.07 bits per heavy atom. The lowest BCUT2D eigenvalue weighted by molar-refractivity contribution is 0.213. The lowest BCUT2D eigenvalue weighted by Gasteiger charge is -2.29. The molecule has 2 fully saturated rings. The van der Waals surface area contributed by atoms with Gasteiger partial charge in [0.25, 0.3) is 0 Å². The highest BCUT2D eigenvalue weighted by Crippen LogP contribution is 2.25. The van der Waals surface area contributed by atoms with E-state index >= 15 is 0 Å². The summed E-state index contributed by atoms with van der Waals surface area (Å²) in [6.45, 7) is 5.16. The molecule has 0 radical (unpaired) electrons. The van der Waals surface area contributed by atoms with Gasteiger partial charge in [0.1, 0.15) is 0 Å². The minimum absolute atomic E-state index is 0.956. The number of hydrogen-bond acceptors (Lipinski definition) is 2. The van der Waals surface area contributed by atoms with Gasteiger partial charge in [-0.25, -0.2) is 0 Å². The van der Waals surface area contributed by atoms with Gasteiger partial charge in [-0.3, -0.25) is 0 Å². The Hall–Kier alpha value is -0.0800. The predicted molar refractivity (Wildman–Crippen MR) is 65.0 cm³/mol. The van der Waals surface area contributed by atoms with E-state index in [4.69, 9.17) is 0 Å². The first-order chi connectivity index (χ1) is 7.34. The number of hydrogen-bond donors (Lipinski definition) is 1. The van der Waals surface area contributed by atoms with E-state index in [1.54, 1.807) is 0 Å². The van der Waals surface area contributed by atoms with Crippen molar-refractivity contribution in [1.82, 2.24) is 10.2 Å². The molecule has 0 aromatic heterocycles. The lowest BCUT2D eigenvalue weighted by Crippen LogP contribution is -2.36. The van der Waals surface area contributed by atoms with Crippen LogP contribution in [0, 0.1) is 11.8 Å². The van der Waals surface area contributed by atoms with Crippen molar-refractivity contribution in [2.24, 2.45) is 11.8 Å². The van der Waals surface area contributed by atoms with Gasteiger partial charge in [0, 0.05) is 13.1 Å². The van der Waals surface area contributed by atoms with Gasteiger partial charge < -0.3 is 10.2 Å². The topological polar surface area (TPSA) is 15.3 Å². The second kappa shape index (κ2) is 5.86. The van der Waals surface area contributed by atoms with Crippen LogP contribution < -0.4 is 5.32 Å². The van der Waals surface area contributed by atoms with Crippen molar-refractivity contribution >= 4 is 0 Å². The Balaban J connectivity index is 1.64. The van der Waals surface area contributed by atoms with Crippen LogP contribution in [-0.2, 0) is 0 Å². The first-order valence-electron chi connectivity index (χ1n) is 6.74. The quantitative estimate of drug-likeness (QED) is 0.764. The third-order valence-electron chi connectivity index (χ3n) is 4.07. The average Bonchev–Trinajstić information content (AvgIpc) is 2.71. The summed E-state index contributed by atoms with van der Waals surface area (Å²) in [5.41, 5.74) is 0. The molecule has 0 atom stereocenters. The normalized spacial score (nSPS) is 25.2. The molecule has 1 heterocycles. The second-order valence-electron chi connectivity index (χ2n) is 5.57. The van der Waals surface area contributed by atoms with Crippen LogP contribution in [0.1, 0.15) is 38.5 Å². The standard InChI is InChI=1S/C13H26N2/c1-15(10-12-4-2-3-5-12)11-13-6-8-14-9-7-13/h12-14H,2-11H2,1H3. The summed E-state index contributed by atoms with van der Waals surface area (Å²) in [6.07, 6.45) is 8.69. The van der Waals surface area contributed by atoms with Crippen LogP contribution in [0.25, 0.3) is 0 Å². The largest absolute Gasteiger partial charge is 0.317 e. The molecule has 2 aliphatic rings. The van der Waals surface area contributed by atoms with Crippen LogP contribution in [0.5, 0.6) is 0 Å². The number of nitrogens with zero attached hydrogens (tertiary/aromatic N) is 1. The molecule has 1 saturated heterocycles. The Kier molecular flexibility index (Phi) is 4.45. The number of rotatable bonds is 4. The van der Waals surface area contributed by atoms with Crippen LogP contribution >= 0.6 is 0 Å². The molecule has 1 saturated carbocycles. The van der Waals surface area contributed by atoms with Gasteiger partial charge >= 0.3 is 0 Å². The van der Waals surface area contributed by atoms with Crippen molar-refractivity contribution in [3.8, 4) is 0 Å². The molecule has 0 aromatic carbocycles. The molecule has 0 unspecified atom stereocenters. The molecule has 0 spiro atoms. The fourth-order valence-electron chi connectivity index (χ4n) is 3.21. The number of nitrogens with one attached hydrogen (secondary N) is 1. The van der Waals surface area contributed by atoms with Gasteiger partial charge in [-0.2, -0.15) is 0 Å². The van der Waals surface area contributed by atoms with Crippen molar-refractivity contribution in [3.05, 3.63) is 0 Å². The molecule has 0 bridgehead atoms. The molecule has 88 valence electrons. The second-order valence-corrected chi connectivity index (χ2v) is 5.57. The SMILES string of the molecule is CN(CC1CCCC1)CC1CCNCC1. The molecule has 2 heteroatoms. The smallest absolute Gasteiger partial charge is 0.000767 e. The van der Waals surface area contributed by atoms with Gasteiger partial charge in [-0.05, 0) is 57.7 Å². The molecule has 1 aliphatic carbocycles. The van der Waals surface area contributed by atoms with Crippen molar-refractivity contribution in [2.45, 2.75) is 38.5 Å². The van der Waals surface area contributed by atoms with Gasteiger partial charge in [0.05, 0.1) is 0 Å². The Morgan fingerprint density at radius 1 is 0.933 bits per heavy atom. The molecule has 0 amide bonds. The highest BCUT2D eigenvalue weighted by atomic mass is 15.1. The summed E-state index contributed by atoms with van der Waals surface area (Å²) in [7, 11) is 2.32. The third-order valence-corrected chi connectivity index (χ3v) is 4.07. The van der Waals surface area contributed by atoms with E-state index < -0.39 is 0 Å². The van der Waals surface area contributed by atoms with Gasteiger partial charge in [0.15, 0.2) is 0 Å². The van der Waals surface area contributed by atoms with Gasteiger partial charge in [0.2, 0.25) is 0 Å². The molecule has 1 N–H and O–H groups in total. The summed E-state index contributed by atoms with van der Waals surface area (Å²) < 4.78 is 0. The van der Waals surface area contributed by atoms with Crippen molar-refractivity contribution < 1.29 is 0 Å². The summed E-state index contributed by atoms with van der Waals surface area (Å²) >= 11 is 0. The molecule has 15 heavy (non-hydrogen) atoms. The van der Waals surface area contributed by atoms with E-state index in [-0.39, 0.29) is 0 Å². The monoisotopic (exact) mass is 210 g/mol. The summed E-state index contributed by atoms with van der Waals surface area (Å²) in [5, 5.41) is 3.44. The minimum atomic E-state index is 0.956. The Labute approximate surface area is 94.4 Å². The van der Waals surface area contributed by atoms with Crippen LogP contribution in [0.2, 0.25) is 0 Å². The molecular formula is C13H26N2. The zero-order chi connectivity index (χ0) is 10.5. The van der Waals surface area contributed by atoms with E-state index in [0.29, 0.717) is 0 Å². The Morgan fingerprint density at radius 2 is 1.47 bits per heavy atom. The fraction of sp³-hybridized carbons (Fsp3) is 1.00. The highest BCUT2D eigenvalue weighted by Gasteiger charge is 2.19. The fourth-order valence-corrected chi connectivity index (χ4v) is 3.21. The summed E-state index contributed by atoms with van der Waals surface area (Å²) in [5.74, 6) is 1.97. The van der Waals surface area contributed by atoms with Crippen LogP contribution in [-0.4, -0.2) is 38.1 Å². The maximum Gasteiger partial charge on any atom is 0.000767 e. The van der Waals surface area contributed by atoms with E-state index in [1.165, 1.54) is 64.7 Å².